The molecular formula is C28H27ClF2N4O2. The van der Waals surface area contributed by atoms with Gasteiger partial charge in [0.25, 0.3) is 0 Å². The molecule has 0 aliphatic carbocycles. The third kappa shape index (κ3) is 6.65. The summed E-state index contributed by atoms with van der Waals surface area (Å²) in [7, 11) is 1.60. The predicted molar refractivity (Wildman–Crippen MR) is 142 cm³/mol. The van der Waals surface area contributed by atoms with Crippen molar-refractivity contribution >= 4 is 23.7 Å². The largest absolute Gasteiger partial charge is 0.495 e. The molecule has 0 saturated heterocycles. The first kappa shape index (κ1) is 26.2. The number of hydrogen-bond acceptors (Lipinski definition) is 4. The van der Waals surface area contributed by atoms with E-state index >= 15 is 0 Å². The second-order valence-electron chi connectivity index (χ2n) is 8.38. The molecule has 0 radical (unpaired) electrons. The average molecular weight is 525 g/mol. The summed E-state index contributed by atoms with van der Waals surface area (Å²) in [6.07, 6.45) is 1.37. The number of methoxy groups -OCH3 is 1. The number of rotatable bonds is 12. The molecule has 0 aliphatic heterocycles. The van der Waals surface area contributed by atoms with Crippen molar-refractivity contribution in [2.75, 3.05) is 31.6 Å². The number of ether oxygens (including phenoxy) is 1. The Hall–Kier alpha value is -3.91. The zero-order valence-electron chi connectivity index (χ0n) is 20.3. The molecule has 0 spiro atoms. The maximum atomic E-state index is 13.6. The number of anilines is 1. The molecule has 0 fully saturated rings. The van der Waals surface area contributed by atoms with Crippen LogP contribution >= 0.6 is 11.6 Å². The summed E-state index contributed by atoms with van der Waals surface area (Å²) in [4.78, 5) is 12.9. The fourth-order valence-corrected chi connectivity index (χ4v) is 4.30. The molecule has 0 bridgehead atoms. The van der Waals surface area contributed by atoms with Gasteiger partial charge in [-0.2, -0.15) is 5.10 Å². The van der Waals surface area contributed by atoms with E-state index in [4.69, 9.17) is 21.4 Å². The lowest BCUT2D eigenvalue weighted by Gasteiger charge is -2.27. The van der Waals surface area contributed by atoms with Gasteiger partial charge in [0.2, 0.25) is 6.41 Å². The van der Waals surface area contributed by atoms with Crippen molar-refractivity contribution in [3.63, 3.8) is 0 Å². The molecule has 4 aromatic rings. The van der Waals surface area contributed by atoms with Crippen molar-refractivity contribution in [3.8, 4) is 28.3 Å². The van der Waals surface area contributed by atoms with Crippen molar-refractivity contribution < 1.29 is 18.3 Å². The molecule has 1 heterocycles. The molecule has 0 atom stereocenters. The monoisotopic (exact) mass is 524 g/mol. The quantitative estimate of drug-likeness (QED) is 0.188. The van der Waals surface area contributed by atoms with Crippen molar-refractivity contribution in [2.45, 2.75) is 13.0 Å². The van der Waals surface area contributed by atoms with Crippen LogP contribution < -0.4 is 15.0 Å². The fraction of sp³-hybridized carbons (Fsp3) is 0.214. The summed E-state index contributed by atoms with van der Waals surface area (Å²) in [6.45, 7) is 2.21. The number of hydrogen-bond donors (Lipinski definition) is 1. The van der Waals surface area contributed by atoms with Crippen molar-refractivity contribution in [2.24, 2.45) is 0 Å². The van der Waals surface area contributed by atoms with E-state index < -0.39 is 0 Å². The van der Waals surface area contributed by atoms with Crippen LogP contribution in [0.3, 0.4) is 0 Å². The number of halogens is 3. The van der Waals surface area contributed by atoms with E-state index in [1.807, 2.05) is 22.9 Å². The van der Waals surface area contributed by atoms with Crippen LogP contribution in [0.5, 0.6) is 5.75 Å². The van der Waals surface area contributed by atoms with E-state index in [1.54, 1.807) is 37.4 Å². The minimum atomic E-state index is -0.317. The SMILES string of the molecule is COc1ccc(Cl)cc1N(CCCn1nc(-c2ccc(F)cc2)cc1-c1ccc(F)cc1)CCNC=O. The number of carbonyl (C=O) groups is 1. The van der Waals surface area contributed by atoms with Crippen LogP contribution in [0.25, 0.3) is 22.5 Å². The van der Waals surface area contributed by atoms with Crippen LogP contribution in [-0.2, 0) is 11.3 Å². The summed E-state index contributed by atoms with van der Waals surface area (Å²) in [5.74, 6) is 0.0475. The lowest BCUT2D eigenvalue weighted by molar-refractivity contribution is -0.109. The molecule has 4 rings (SSSR count). The summed E-state index contributed by atoms with van der Waals surface area (Å²) < 4.78 is 34.4. The lowest BCUT2D eigenvalue weighted by atomic mass is 10.1. The highest BCUT2D eigenvalue weighted by Crippen LogP contribution is 2.32. The van der Waals surface area contributed by atoms with Gasteiger partial charge in [-0.15, -0.1) is 0 Å². The van der Waals surface area contributed by atoms with Crippen LogP contribution in [0.2, 0.25) is 5.02 Å². The van der Waals surface area contributed by atoms with Crippen LogP contribution in [-0.4, -0.2) is 42.9 Å². The van der Waals surface area contributed by atoms with Crippen molar-refractivity contribution in [1.29, 1.82) is 0 Å². The van der Waals surface area contributed by atoms with Crippen LogP contribution in [0, 0.1) is 11.6 Å². The Morgan fingerprint density at radius 3 is 2.30 bits per heavy atom. The van der Waals surface area contributed by atoms with Gasteiger partial charge >= 0.3 is 0 Å². The Morgan fingerprint density at radius 1 is 0.973 bits per heavy atom. The molecule has 3 aromatic carbocycles. The Balaban J connectivity index is 1.59. The molecule has 1 amide bonds. The highest BCUT2D eigenvalue weighted by atomic mass is 35.5. The standard InChI is InChI=1S/C28H27ClF2N4O2/c1-37-28-12-7-22(29)17-27(28)34(16-13-32-19-36)14-2-15-35-26(21-5-10-24(31)11-6-21)18-25(33-35)20-3-8-23(30)9-4-20/h3-12,17-19H,2,13-16H2,1H3,(H,32,36). The van der Waals surface area contributed by atoms with Crippen molar-refractivity contribution in [3.05, 3.63) is 89.5 Å². The van der Waals surface area contributed by atoms with E-state index in [1.165, 1.54) is 24.3 Å². The number of nitrogens with zero attached hydrogens (tertiary/aromatic N) is 3. The van der Waals surface area contributed by atoms with E-state index in [2.05, 4.69) is 10.2 Å². The fourth-order valence-electron chi connectivity index (χ4n) is 4.13. The van der Waals surface area contributed by atoms with Gasteiger partial charge in [0, 0.05) is 42.3 Å². The highest BCUT2D eigenvalue weighted by Gasteiger charge is 2.15. The first-order valence-corrected chi connectivity index (χ1v) is 12.2. The van der Waals surface area contributed by atoms with Gasteiger partial charge in [0.05, 0.1) is 24.2 Å². The van der Waals surface area contributed by atoms with Crippen LogP contribution in [0.1, 0.15) is 6.42 Å². The second kappa shape index (κ2) is 12.4. The van der Waals surface area contributed by atoms with E-state index in [0.29, 0.717) is 55.5 Å². The van der Waals surface area contributed by atoms with Crippen LogP contribution in [0.4, 0.5) is 14.5 Å². The number of aromatic nitrogens is 2. The number of carbonyl (C=O) groups excluding carboxylic acids is 1. The molecule has 1 N–H and O–H groups in total. The third-order valence-corrected chi connectivity index (χ3v) is 6.18. The minimum absolute atomic E-state index is 0.316. The topological polar surface area (TPSA) is 59.4 Å². The maximum Gasteiger partial charge on any atom is 0.207 e. The van der Waals surface area contributed by atoms with Gasteiger partial charge in [-0.1, -0.05) is 11.6 Å². The lowest BCUT2D eigenvalue weighted by Crippen LogP contribution is -2.33. The van der Waals surface area contributed by atoms with Gasteiger partial charge in [-0.25, -0.2) is 8.78 Å². The Bertz CT molecular complexity index is 1330. The molecule has 0 aliphatic rings. The number of amides is 1. The molecule has 6 nitrogen and oxygen atoms in total. The molecule has 0 unspecified atom stereocenters. The van der Waals surface area contributed by atoms with E-state index in [-0.39, 0.29) is 11.6 Å². The van der Waals surface area contributed by atoms with Crippen LogP contribution in [0.15, 0.2) is 72.8 Å². The minimum Gasteiger partial charge on any atom is -0.495 e. The predicted octanol–water partition coefficient (Wildman–Crippen LogP) is 5.80. The zero-order chi connectivity index (χ0) is 26.2. The Kier molecular flexibility index (Phi) is 8.74. The number of benzene rings is 3. The van der Waals surface area contributed by atoms with Gasteiger partial charge in [-0.05, 0) is 79.2 Å². The average Bonchev–Trinajstić information content (AvgIpc) is 3.32. The zero-order valence-corrected chi connectivity index (χ0v) is 21.1. The van der Waals surface area contributed by atoms with E-state index in [9.17, 15) is 13.6 Å². The molecular weight excluding hydrogens is 498 g/mol. The second-order valence-corrected chi connectivity index (χ2v) is 8.82. The Labute approximate surface area is 219 Å². The summed E-state index contributed by atoms with van der Waals surface area (Å²) in [6, 6.07) is 19.8. The van der Waals surface area contributed by atoms with E-state index in [0.717, 1.165) is 22.5 Å². The number of aryl methyl sites for hydroxylation is 1. The highest BCUT2D eigenvalue weighted by molar-refractivity contribution is 6.30. The van der Waals surface area contributed by atoms with Gasteiger partial charge in [0.1, 0.15) is 17.4 Å². The number of nitrogens with one attached hydrogen (secondary N) is 1. The summed E-state index contributed by atoms with van der Waals surface area (Å²) >= 11 is 6.26. The summed E-state index contributed by atoms with van der Waals surface area (Å²) in [5.41, 5.74) is 3.96. The first-order chi connectivity index (χ1) is 18.0. The van der Waals surface area contributed by atoms with Crippen molar-refractivity contribution in [1.82, 2.24) is 15.1 Å². The molecule has 37 heavy (non-hydrogen) atoms. The normalized spacial score (nSPS) is 10.8. The molecule has 9 heteroatoms. The molecule has 192 valence electrons. The summed E-state index contributed by atoms with van der Waals surface area (Å²) in [5, 5.41) is 8.06. The van der Waals surface area contributed by atoms with Gasteiger partial charge in [0.15, 0.2) is 0 Å². The Morgan fingerprint density at radius 2 is 1.65 bits per heavy atom. The molecule has 1 aromatic heterocycles. The third-order valence-electron chi connectivity index (χ3n) is 5.95. The van der Waals surface area contributed by atoms with Gasteiger partial charge < -0.3 is 15.0 Å². The van der Waals surface area contributed by atoms with Gasteiger partial charge in [-0.3, -0.25) is 9.48 Å². The maximum absolute atomic E-state index is 13.6. The smallest absolute Gasteiger partial charge is 0.207 e. The first-order valence-electron chi connectivity index (χ1n) is 11.8. The molecule has 0 saturated carbocycles.